The number of nitrogens with one attached hydrogen (secondary N) is 1. The van der Waals surface area contributed by atoms with Crippen LogP contribution in [0.5, 0.6) is 0 Å². The smallest absolute Gasteiger partial charge is 0.261 e. The molecule has 4 amide bonds. The molecule has 0 fully saturated rings. The molecule has 0 atom stereocenters. The molecule has 156 valence electrons. The molecule has 3 rings (SSSR count). The number of benzene rings is 2. The molecule has 0 aliphatic carbocycles. The lowest BCUT2D eigenvalue weighted by Gasteiger charge is -2.18. The second-order valence-corrected chi connectivity index (χ2v) is 7.53. The summed E-state index contributed by atoms with van der Waals surface area (Å²) in [6.07, 6.45) is 0.480. The average Bonchev–Trinajstić information content (AvgIpc) is 2.95. The summed E-state index contributed by atoms with van der Waals surface area (Å²) in [7, 11) is 1.56. The molecule has 1 heterocycles. The van der Waals surface area contributed by atoms with Crippen LogP contribution in [-0.4, -0.2) is 53.6 Å². The molecule has 0 unspecified atom stereocenters. The van der Waals surface area contributed by atoms with E-state index in [4.69, 9.17) is 0 Å². The number of nitrogens with zero attached hydrogens (tertiary/aromatic N) is 2. The zero-order chi connectivity index (χ0) is 21.8. The zero-order valence-electron chi connectivity index (χ0n) is 17.4. The highest BCUT2D eigenvalue weighted by Crippen LogP contribution is 2.22. The van der Waals surface area contributed by atoms with Gasteiger partial charge in [-0.25, -0.2) is 0 Å². The fraction of sp³-hybridized carbons (Fsp3) is 0.304. The summed E-state index contributed by atoms with van der Waals surface area (Å²) >= 11 is 0. The van der Waals surface area contributed by atoms with Gasteiger partial charge < -0.3 is 10.2 Å². The first-order valence-corrected chi connectivity index (χ1v) is 9.84. The minimum Gasteiger partial charge on any atom is -0.336 e. The molecule has 2 aromatic carbocycles. The van der Waals surface area contributed by atoms with Gasteiger partial charge in [0.25, 0.3) is 11.8 Å². The van der Waals surface area contributed by atoms with Crippen molar-refractivity contribution >= 4 is 29.3 Å². The highest BCUT2D eigenvalue weighted by molar-refractivity contribution is 6.21. The molecule has 0 bridgehead atoms. The van der Waals surface area contributed by atoms with E-state index in [9.17, 15) is 19.2 Å². The minimum absolute atomic E-state index is 0.0702. The van der Waals surface area contributed by atoms with Crippen LogP contribution in [0.15, 0.2) is 42.5 Å². The zero-order valence-corrected chi connectivity index (χ0v) is 17.4. The number of rotatable bonds is 7. The van der Waals surface area contributed by atoms with E-state index in [1.54, 1.807) is 31.3 Å². The summed E-state index contributed by atoms with van der Waals surface area (Å²) in [4.78, 5) is 51.9. The van der Waals surface area contributed by atoms with Gasteiger partial charge >= 0.3 is 0 Å². The first kappa shape index (κ1) is 21.2. The molecule has 0 aromatic heterocycles. The van der Waals surface area contributed by atoms with Crippen molar-refractivity contribution in [2.45, 2.75) is 26.7 Å². The first-order chi connectivity index (χ1) is 14.3. The lowest BCUT2D eigenvalue weighted by atomic mass is 10.1. The van der Waals surface area contributed by atoms with Crippen LogP contribution in [0.2, 0.25) is 0 Å². The first-order valence-electron chi connectivity index (χ1n) is 9.84. The van der Waals surface area contributed by atoms with Gasteiger partial charge in [0.05, 0.1) is 17.7 Å². The number of fused-ring (bicyclic) bond motifs is 1. The van der Waals surface area contributed by atoms with Crippen LogP contribution >= 0.6 is 0 Å². The molecule has 2 aromatic rings. The summed E-state index contributed by atoms with van der Waals surface area (Å²) in [5.41, 5.74) is 3.51. The number of aryl methyl sites for hydroxylation is 2. The number of carbonyl (C=O) groups is 4. The third kappa shape index (κ3) is 4.56. The van der Waals surface area contributed by atoms with E-state index in [2.05, 4.69) is 5.32 Å². The molecule has 0 radical (unpaired) electrons. The Hall–Kier alpha value is -3.48. The van der Waals surface area contributed by atoms with E-state index < -0.39 is 0 Å². The van der Waals surface area contributed by atoms with Crippen LogP contribution in [-0.2, 0) is 9.59 Å². The summed E-state index contributed by atoms with van der Waals surface area (Å²) in [5, 5.41) is 2.83. The molecule has 1 aliphatic rings. The Kier molecular flexibility index (Phi) is 6.30. The van der Waals surface area contributed by atoms with Gasteiger partial charge in [0.1, 0.15) is 0 Å². The summed E-state index contributed by atoms with van der Waals surface area (Å²) in [6, 6.07) is 12.5. The van der Waals surface area contributed by atoms with E-state index in [1.165, 1.54) is 9.80 Å². The fourth-order valence-electron chi connectivity index (χ4n) is 3.39. The highest BCUT2D eigenvalue weighted by Gasteiger charge is 2.34. The monoisotopic (exact) mass is 407 g/mol. The van der Waals surface area contributed by atoms with Crippen LogP contribution < -0.4 is 5.32 Å². The van der Waals surface area contributed by atoms with Gasteiger partial charge in [-0.2, -0.15) is 0 Å². The van der Waals surface area contributed by atoms with Crippen molar-refractivity contribution < 1.29 is 19.2 Å². The highest BCUT2D eigenvalue weighted by atomic mass is 16.2. The van der Waals surface area contributed by atoms with Crippen molar-refractivity contribution in [2.75, 3.05) is 25.5 Å². The fourth-order valence-corrected chi connectivity index (χ4v) is 3.39. The number of anilines is 1. The van der Waals surface area contributed by atoms with Gasteiger partial charge in [-0.05, 0) is 49.6 Å². The summed E-state index contributed by atoms with van der Waals surface area (Å²) in [5.74, 6) is -1.16. The lowest BCUT2D eigenvalue weighted by Crippen LogP contribution is -2.36. The molecule has 0 saturated heterocycles. The second-order valence-electron chi connectivity index (χ2n) is 7.53. The van der Waals surface area contributed by atoms with E-state index in [0.717, 1.165) is 16.8 Å². The lowest BCUT2D eigenvalue weighted by molar-refractivity contribution is -0.133. The number of carbonyl (C=O) groups excluding carboxylic acids is 4. The molecule has 30 heavy (non-hydrogen) atoms. The number of hydrogen-bond donors (Lipinski definition) is 1. The number of likely N-dealkylation sites (N-methyl/N-ethyl adjacent to an activating group) is 1. The maximum atomic E-state index is 12.4. The maximum Gasteiger partial charge on any atom is 0.261 e. The molecule has 1 N–H and O–H groups in total. The predicted octanol–water partition coefficient (Wildman–Crippen LogP) is 2.78. The van der Waals surface area contributed by atoms with Crippen molar-refractivity contribution in [3.8, 4) is 0 Å². The van der Waals surface area contributed by atoms with Crippen LogP contribution in [0.4, 0.5) is 5.69 Å². The molecular formula is C23H25N3O4. The number of amides is 4. The summed E-state index contributed by atoms with van der Waals surface area (Å²) < 4.78 is 0. The third-order valence-corrected chi connectivity index (χ3v) is 5.12. The van der Waals surface area contributed by atoms with E-state index in [1.807, 2.05) is 32.0 Å². The van der Waals surface area contributed by atoms with Crippen molar-refractivity contribution in [1.29, 1.82) is 0 Å². The minimum atomic E-state index is -0.329. The number of imide groups is 1. The Labute approximate surface area is 175 Å². The van der Waals surface area contributed by atoms with Gasteiger partial charge in [0.15, 0.2) is 0 Å². The van der Waals surface area contributed by atoms with Gasteiger partial charge in [-0.3, -0.25) is 24.1 Å². The van der Waals surface area contributed by atoms with Gasteiger partial charge in [0.2, 0.25) is 11.8 Å². The Morgan fingerprint density at radius 3 is 2.27 bits per heavy atom. The Morgan fingerprint density at radius 2 is 1.63 bits per heavy atom. The van der Waals surface area contributed by atoms with Gasteiger partial charge in [-0.15, -0.1) is 0 Å². The van der Waals surface area contributed by atoms with Crippen LogP contribution in [0, 0.1) is 13.8 Å². The largest absolute Gasteiger partial charge is 0.336 e. The van der Waals surface area contributed by atoms with Crippen LogP contribution in [0.25, 0.3) is 0 Å². The average molecular weight is 407 g/mol. The summed E-state index contributed by atoms with van der Waals surface area (Å²) in [6.45, 7) is 3.95. The Balaban J connectivity index is 1.47. The molecular weight excluding hydrogens is 382 g/mol. The van der Waals surface area contributed by atoms with Crippen molar-refractivity contribution in [3.05, 3.63) is 64.7 Å². The molecule has 0 saturated carbocycles. The normalized spacial score (nSPS) is 12.7. The molecule has 7 nitrogen and oxygen atoms in total. The van der Waals surface area contributed by atoms with E-state index in [0.29, 0.717) is 17.5 Å². The third-order valence-electron chi connectivity index (χ3n) is 5.12. The number of hydrogen-bond acceptors (Lipinski definition) is 4. The van der Waals surface area contributed by atoms with E-state index >= 15 is 0 Å². The maximum absolute atomic E-state index is 12.4. The SMILES string of the molecule is Cc1ccc(C)c(NC(=O)CN(C)C(=O)CCCN2C(=O)c3ccccc3C2=O)c1. The van der Waals surface area contributed by atoms with Crippen molar-refractivity contribution in [3.63, 3.8) is 0 Å². The van der Waals surface area contributed by atoms with Gasteiger partial charge in [0, 0.05) is 25.7 Å². The van der Waals surface area contributed by atoms with Crippen molar-refractivity contribution in [2.24, 2.45) is 0 Å². The van der Waals surface area contributed by atoms with Gasteiger partial charge in [-0.1, -0.05) is 24.3 Å². The quantitative estimate of drug-likeness (QED) is 0.715. The molecule has 0 spiro atoms. The Bertz CT molecular complexity index is 980. The second kappa shape index (κ2) is 8.90. The van der Waals surface area contributed by atoms with E-state index in [-0.39, 0.29) is 43.1 Å². The topological polar surface area (TPSA) is 86.8 Å². The van der Waals surface area contributed by atoms with Crippen LogP contribution in [0.1, 0.15) is 44.7 Å². The Morgan fingerprint density at radius 1 is 1.00 bits per heavy atom. The van der Waals surface area contributed by atoms with Crippen molar-refractivity contribution in [1.82, 2.24) is 9.80 Å². The standard InChI is InChI=1S/C23H25N3O4/c1-15-10-11-16(2)19(13-15)24-20(27)14-25(3)21(28)9-6-12-26-22(29)17-7-4-5-8-18(17)23(26)30/h4-5,7-8,10-11,13H,6,9,12,14H2,1-3H3,(H,24,27). The molecule has 7 heteroatoms. The molecule has 1 aliphatic heterocycles. The predicted molar refractivity (Wildman–Crippen MR) is 113 cm³/mol. The van der Waals surface area contributed by atoms with Crippen LogP contribution in [0.3, 0.4) is 0 Å².